The Labute approximate surface area is 127 Å². The Hall–Kier alpha value is -1.55. The molecule has 1 saturated heterocycles. The summed E-state index contributed by atoms with van der Waals surface area (Å²) in [7, 11) is 0. The largest absolute Gasteiger partial charge is 0.382 e. The average molecular weight is 290 g/mol. The molecule has 1 aliphatic rings. The first kappa shape index (κ1) is 15.8. The molecule has 21 heavy (non-hydrogen) atoms. The van der Waals surface area contributed by atoms with Gasteiger partial charge in [0.15, 0.2) is 0 Å². The summed E-state index contributed by atoms with van der Waals surface area (Å²) in [5, 5.41) is 6.50. The van der Waals surface area contributed by atoms with E-state index in [4.69, 9.17) is 4.74 Å². The van der Waals surface area contributed by atoms with Gasteiger partial charge in [0.2, 0.25) is 0 Å². The van der Waals surface area contributed by atoms with E-state index in [0.29, 0.717) is 12.0 Å². The molecule has 0 radical (unpaired) electrons. The lowest BCUT2D eigenvalue weighted by molar-refractivity contribution is 0.0537. The van der Waals surface area contributed by atoms with Crippen LogP contribution in [0.2, 0.25) is 0 Å². The highest BCUT2D eigenvalue weighted by Gasteiger charge is 2.22. The zero-order valence-electron chi connectivity index (χ0n) is 13.4. The van der Waals surface area contributed by atoms with E-state index >= 15 is 0 Å². The number of carbonyl (C=O) groups is 1. The summed E-state index contributed by atoms with van der Waals surface area (Å²) in [6.07, 6.45) is 1.00. The van der Waals surface area contributed by atoms with Crippen molar-refractivity contribution in [2.75, 3.05) is 18.5 Å². The van der Waals surface area contributed by atoms with Gasteiger partial charge in [-0.3, -0.25) is 4.79 Å². The van der Waals surface area contributed by atoms with Gasteiger partial charge in [-0.05, 0) is 50.8 Å². The van der Waals surface area contributed by atoms with Gasteiger partial charge in [0.1, 0.15) is 0 Å². The molecule has 1 amide bonds. The quantitative estimate of drug-likeness (QED) is 0.896. The van der Waals surface area contributed by atoms with Crippen molar-refractivity contribution in [1.29, 1.82) is 0 Å². The summed E-state index contributed by atoms with van der Waals surface area (Å²) < 4.78 is 5.47. The van der Waals surface area contributed by atoms with Crippen LogP contribution in [0.25, 0.3) is 0 Å². The van der Waals surface area contributed by atoms with Crippen molar-refractivity contribution in [3.05, 3.63) is 29.3 Å². The number of ether oxygens (including phenoxy) is 1. The Kier molecular flexibility index (Phi) is 5.23. The van der Waals surface area contributed by atoms with Crippen molar-refractivity contribution < 1.29 is 9.53 Å². The van der Waals surface area contributed by atoms with Gasteiger partial charge in [-0.15, -0.1) is 0 Å². The predicted octanol–water partition coefficient (Wildman–Crippen LogP) is 2.97. The van der Waals surface area contributed by atoms with Crippen LogP contribution in [0, 0.1) is 12.8 Å². The normalized spacial score (nSPS) is 22.1. The summed E-state index contributed by atoms with van der Waals surface area (Å²) in [6, 6.07) is 6.55. The molecular weight excluding hydrogens is 264 g/mol. The first-order valence-electron chi connectivity index (χ1n) is 7.73. The third kappa shape index (κ3) is 4.21. The predicted molar refractivity (Wildman–Crippen MR) is 85.8 cm³/mol. The molecule has 4 heteroatoms. The molecular formula is C17H26N2O2. The Morgan fingerprint density at radius 2 is 2.14 bits per heavy atom. The third-order valence-electron chi connectivity index (χ3n) is 3.89. The number of anilines is 1. The molecule has 1 fully saturated rings. The van der Waals surface area contributed by atoms with Gasteiger partial charge in [-0.1, -0.05) is 13.0 Å². The average Bonchev–Trinajstić information content (AvgIpc) is 2.42. The van der Waals surface area contributed by atoms with Gasteiger partial charge in [0, 0.05) is 29.9 Å². The number of amides is 1. The number of aryl methyl sites for hydroxylation is 1. The van der Waals surface area contributed by atoms with E-state index in [1.165, 1.54) is 0 Å². The Morgan fingerprint density at radius 3 is 2.81 bits per heavy atom. The van der Waals surface area contributed by atoms with Crippen molar-refractivity contribution >= 4 is 11.6 Å². The van der Waals surface area contributed by atoms with Gasteiger partial charge >= 0.3 is 0 Å². The maximum absolute atomic E-state index is 12.2. The molecule has 2 N–H and O–H groups in total. The minimum absolute atomic E-state index is 0.00817. The van der Waals surface area contributed by atoms with Crippen LogP contribution in [-0.2, 0) is 4.74 Å². The highest BCUT2D eigenvalue weighted by molar-refractivity contribution is 5.96. The van der Waals surface area contributed by atoms with Gasteiger partial charge in [0.05, 0.1) is 6.61 Å². The highest BCUT2D eigenvalue weighted by atomic mass is 16.5. The molecule has 0 bridgehead atoms. The van der Waals surface area contributed by atoms with Gasteiger partial charge in [-0.25, -0.2) is 0 Å². The molecule has 1 heterocycles. The minimum atomic E-state index is -0.00817. The fraction of sp³-hybridized carbons (Fsp3) is 0.588. The van der Waals surface area contributed by atoms with E-state index in [1.54, 1.807) is 0 Å². The maximum atomic E-state index is 12.2. The van der Waals surface area contributed by atoms with E-state index in [0.717, 1.165) is 36.4 Å². The SMILES string of the molecule is Cc1ccc(NC2CCOCC2C)cc1C(=O)NC(C)C. The smallest absolute Gasteiger partial charge is 0.251 e. The molecule has 1 aromatic carbocycles. The fourth-order valence-electron chi connectivity index (χ4n) is 2.61. The monoisotopic (exact) mass is 290 g/mol. The lowest BCUT2D eigenvalue weighted by atomic mass is 9.97. The van der Waals surface area contributed by atoms with Crippen LogP contribution >= 0.6 is 0 Å². The van der Waals surface area contributed by atoms with Crippen LogP contribution in [-0.4, -0.2) is 31.2 Å². The van der Waals surface area contributed by atoms with Crippen LogP contribution in [0.1, 0.15) is 43.1 Å². The zero-order valence-corrected chi connectivity index (χ0v) is 13.4. The van der Waals surface area contributed by atoms with Crippen molar-refractivity contribution in [3.63, 3.8) is 0 Å². The van der Waals surface area contributed by atoms with Crippen LogP contribution in [0.4, 0.5) is 5.69 Å². The summed E-state index contributed by atoms with van der Waals surface area (Å²) >= 11 is 0. The molecule has 0 spiro atoms. The van der Waals surface area contributed by atoms with E-state index in [2.05, 4.69) is 17.6 Å². The van der Waals surface area contributed by atoms with Crippen molar-refractivity contribution in [2.24, 2.45) is 5.92 Å². The Morgan fingerprint density at radius 1 is 1.38 bits per heavy atom. The molecule has 2 rings (SSSR count). The molecule has 116 valence electrons. The van der Waals surface area contributed by atoms with E-state index in [1.807, 2.05) is 39.0 Å². The highest BCUT2D eigenvalue weighted by Crippen LogP contribution is 2.22. The van der Waals surface area contributed by atoms with Crippen LogP contribution in [0.5, 0.6) is 0 Å². The minimum Gasteiger partial charge on any atom is -0.382 e. The lowest BCUT2D eigenvalue weighted by Gasteiger charge is -2.30. The number of rotatable bonds is 4. The first-order chi connectivity index (χ1) is 9.97. The molecule has 2 unspecified atom stereocenters. The van der Waals surface area contributed by atoms with Crippen LogP contribution < -0.4 is 10.6 Å². The van der Waals surface area contributed by atoms with E-state index in [-0.39, 0.29) is 11.9 Å². The summed E-state index contributed by atoms with van der Waals surface area (Å²) in [5.74, 6) is 0.471. The molecule has 0 saturated carbocycles. The van der Waals surface area contributed by atoms with Crippen molar-refractivity contribution in [2.45, 2.75) is 46.2 Å². The Balaban J connectivity index is 2.12. The standard InChI is InChI=1S/C17H26N2O2/c1-11(2)18-17(20)15-9-14(6-5-12(15)3)19-16-7-8-21-10-13(16)4/h5-6,9,11,13,16,19H,7-8,10H2,1-4H3,(H,18,20). The third-order valence-corrected chi connectivity index (χ3v) is 3.89. The van der Waals surface area contributed by atoms with Gasteiger partial charge in [0.25, 0.3) is 5.91 Å². The molecule has 4 nitrogen and oxygen atoms in total. The van der Waals surface area contributed by atoms with Crippen LogP contribution in [0.3, 0.4) is 0 Å². The van der Waals surface area contributed by atoms with Crippen molar-refractivity contribution in [1.82, 2.24) is 5.32 Å². The van der Waals surface area contributed by atoms with E-state index in [9.17, 15) is 4.79 Å². The number of hydrogen-bond acceptors (Lipinski definition) is 3. The first-order valence-corrected chi connectivity index (χ1v) is 7.73. The summed E-state index contributed by atoms with van der Waals surface area (Å²) in [5.41, 5.74) is 2.75. The van der Waals surface area contributed by atoms with E-state index < -0.39 is 0 Å². The number of nitrogens with one attached hydrogen (secondary N) is 2. The fourth-order valence-corrected chi connectivity index (χ4v) is 2.61. The van der Waals surface area contributed by atoms with Gasteiger partial charge in [-0.2, -0.15) is 0 Å². The van der Waals surface area contributed by atoms with Crippen LogP contribution in [0.15, 0.2) is 18.2 Å². The summed E-state index contributed by atoms with van der Waals surface area (Å²) in [6.45, 7) is 9.70. The maximum Gasteiger partial charge on any atom is 0.251 e. The molecule has 2 atom stereocenters. The topological polar surface area (TPSA) is 50.4 Å². The number of hydrogen-bond donors (Lipinski definition) is 2. The van der Waals surface area contributed by atoms with Crippen molar-refractivity contribution in [3.8, 4) is 0 Å². The zero-order chi connectivity index (χ0) is 15.4. The Bertz CT molecular complexity index is 500. The van der Waals surface area contributed by atoms with Gasteiger partial charge < -0.3 is 15.4 Å². The number of carbonyl (C=O) groups excluding carboxylic acids is 1. The lowest BCUT2D eigenvalue weighted by Crippen LogP contribution is -2.36. The second-order valence-corrected chi connectivity index (χ2v) is 6.25. The molecule has 1 aliphatic heterocycles. The molecule has 0 aliphatic carbocycles. The summed E-state index contributed by atoms with van der Waals surface area (Å²) in [4.78, 5) is 12.2. The molecule has 0 aromatic heterocycles. The second-order valence-electron chi connectivity index (χ2n) is 6.25. The molecule has 1 aromatic rings. The number of benzene rings is 1. The second kappa shape index (κ2) is 6.94.